The van der Waals surface area contributed by atoms with Crippen molar-refractivity contribution in [3.05, 3.63) is 53.1 Å². The maximum Gasteiger partial charge on any atom is 0.322 e. The van der Waals surface area contributed by atoms with Gasteiger partial charge in [-0.25, -0.2) is 4.79 Å². The van der Waals surface area contributed by atoms with Crippen molar-refractivity contribution in [3.8, 4) is 11.5 Å². The molecule has 0 aliphatic heterocycles. The van der Waals surface area contributed by atoms with Gasteiger partial charge >= 0.3 is 6.03 Å². The third kappa shape index (κ3) is 6.05. The van der Waals surface area contributed by atoms with Crippen LogP contribution in [0.5, 0.6) is 11.5 Å². The predicted octanol–water partition coefficient (Wildman–Crippen LogP) is 3.95. The van der Waals surface area contributed by atoms with E-state index in [1.54, 1.807) is 17.0 Å². The van der Waals surface area contributed by atoms with Gasteiger partial charge in [0.15, 0.2) is 0 Å². The molecule has 2 rings (SSSR count). The van der Waals surface area contributed by atoms with Crippen LogP contribution in [0.15, 0.2) is 42.5 Å². The molecule has 2 aromatic carbocycles. The van der Waals surface area contributed by atoms with Gasteiger partial charge in [0.25, 0.3) is 0 Å². The molecule has 7 heteroatoms. The average molecular weight is 392 g/mol. The van der Waals surface area contributed by atoms with Crippen molar-refractivity contribution < 1.29 is 14.3 Å². The van der Waals surface area contributed by atoms with Crippen LogP contribution in [0.4, 0.5) is 10.5 Å². The molecule has 0 aromatic heterocycles. The quantitative estimate of drug-likeness (QED) is 0.740. The zero-order valence-electron chi connectivity index (χ0n) is 16.2. The van der Waals surface area contributed by atoms with E-state index in [-0.39, 0.29) is 6.03 Å². The fourth-order valence-corrected chi connectivity index (χ4v) is 2.77. The molecule has 0 aliphatic rings. The molecule has 0 atom stereocenters. The fourth-order valence-electron chi connectivity index (χ4n) is 2.53. The Kier molecular flexibility index (Phi) is 7.76. The zero-order valence-corrected chi connectivity index (χ0v) is 16.9. The smallest absolute Gasteiger partial charge is 0.322 e. The highest BCUT2D eigenvalue weighted by Gasteiger charge is 2.18. The number of ether oxygens (including phenoxy) is 2. The molecule has 1 N–H and O–H groups in total. The lowest BCUT2D eigenvalue weighted by molar-refractivity contribution is 0.202. The van der Waals surface area contributed by atoms with Crippen molar-refractivity contribution in [3.63, 3.8) is 0 Å². The number of benzene rings is 2. The van der Waals surface area contributed by atoms with Crippen molar-refractivity contribution in [2.45, 2.75) is 6.54 Å². The van der Waals surface area contributed by atoms with Gasteiger partial charge in [-0.15, -0.1) is 0 Å². The van der Waals surface area contributed by atoms with E-state index in [1.807, 2.05) is 49.3 Å². The first-order chi connectivity index (χ1) is 12.9. The van der Waals surface area contributed by atoms with Gasteiger partial charge < -0.3 is 24.6 Å². The van der Waals surface area contributed by atoms with Crippen LogP contribution in [0.25, 0.3) is 0 Å². The molecule has 0 saturated carbocycles. The van der Waals surface area contributed by atoms with E-state index < -0.39 is 0 Å². The first-order valence-electron chi connectivity index (χ1n) is 8.60. The maximum atomic E-state index is 12.9. The molecule has 0 saturated heterocycles. The highest BCUT2D eigenvalue weighted by atomic mass is 35.5. The molecule has 2 amide bonds. The molecular formula is C20H26ClN3O3. The van der Waals surface area contributed by atoms with E-state index in [0.717, 1.165) is 12.1 Å². The van der Waals surface area contributed by atoms with E-state index in [9.17, 15) is 4.79 Å². The van der Waals surface area contributed by atoms with E-state index in [0.29, 0.717) is 35.3 Å². The summed E-state index contributed by atoms with van der Waals surface area (Å²) in [6, 6.07) is 12.9. The summed E-state index contributed by atoms with van der Waals surface area (Å²) in [6.07, 6.45) is 0. The predicted molar refractivity (Wildman–Crippen MR) is 109 cm³/mol. The Balaban J connectivity index is 2.20. The van der Waals surface area contributed by atoms with Crippen LogP contribution in [-0.2, 0) is 6.54 Å². The zero-order chi connectivity index (χ0) is 19.8. The number of nitrogens with one attached hydrogen (secondary N) is 1. The lowest BCUT2D eigenvalue weighted by Crippen LogP contribution is -2.39. The van der Waals surface area contributed by atoms with Crippen molar-refractivity contribution in [2.75, 3.05) is 46.7 Å². The van der Waals surface area contributed by atoms with Gasteiger partial charge in [0.1, 0.15) is 11.5 Å². The Morgan fingerprint density at radius 3 is 2.30 bits per heavy atom. The van der Waals surface area contributed by atoms with E-state index >= 15 is 0 Å². The van der Waals surface area contributed by atoms with Gasteiger partial charge in [-0.2, -0.15) is 0 Å². The first-order valence-corrected chi connectivity index (χ1v) is 8.98. The topological polar surface area (TPSA) is 54.0 Å². The van der Waals surface area contributed by atoms with Crippen molar-refractivity contribution in [1.82, 2.24) is 9.80 Å². The third-order valence-electron chi connectivity index (χ3n) is 4.04. The average Bonchev–Trinajstić information content (AvgIpc) is 2.66. The second kappa shape index (κ2) is 10.0. The molecule has 0 heterocycles. The minimum absolute atomic E-state index is 0.222. The summed E-state index contributed by atoms with van der Waals surface area (Å²) in [6.45, 7) is 1.84. The Morgan fingerprint density at radius 2 is 1.70 bits per heavy atom. The van der Waals surface area contributed by atoms with Crippen LogP contribution in [-0.4, -0.2) is 57.2 Å². The molecule has 146 valence electrons. The number of hydrogen-bond donors (Lipinski definition) is 1. The number of hydrogen-bond acceptors (Lipinski definition) is 4. The minimum Gasteiger partial charge on any atom is -0.495 e. The Morgan fingerprint density at radius 1 is 1.04 bits per heavy atom. The lowest BCUT2D eigenvalue weighted by Gasteiger charge is -2.25. The molecule has 0 aliphatic carbocycles. The van der Waals surface area contributed by atoms with E-state index in [4.69, 9.17) is 21.1 Å². The molecule has 0 radical (unpaired) electrons. The summed E-state index contributed by atoms with van der Waals surface area (Å²) < 4.78 is 10.6. The Labute approximate surface area is 165 Å². The standard InChI is InChI=1S/C20H26ClN3O3/c1-23(2)10-11-24(14-15-8-6-5-7-9-15)20(25)22-17-12-16(21)18(26-3)13-19(17)27-4/h5-9,12-13H,10-11,14H2,1-4H3,(H,22,25). The van der Waals surface area contributed by atoms with Crippen LogP contribution in [0.1, 0.15) is 5.56 Å². The fraction of sp³-hybridized carbons (Fsp3) is 0.350. The Bertz CT molecular complexity index is 754. The number of rotatable bonds is 8. The molecule has 27 heavy (non-hydrogen) atoms. The third-order valence-corrected chi connectivity index (χ3v) is 4.33. The van der Waals surface area contributed by atoms with Gasteiger partial charge in [0.05, 0.1) is 24.9 Å². The van der Waals surface area contributed by atoms with Gasteiger partial charge in [0.2, 0.25) is 0 Å². The molecule has 0 spiro atoms. The Hall–Kier alpha value is -2.44. The number of likely N-dealkylation sites (N-methyl/N-ethyl adjacent to an activating group) is 1. The monoisotopic (exact) mass is 391 g/mol. The lowest BCUT2D eigenvalue weighted by atomic mass is 10.2. The molecule has 6 nitrogen and oxygen atoms in total. The van der Waals surface area contributed by atoms with Crippen LogP contribution < -0.4 is 14.8 Å². The molecule has 0 fully saturated rings. The highest BCUT2D eigenvalue weighted by molar-refractivity contribution is 6.32. The van der Waals surface area contributed by atoms with Crippen LogP contribution in [0, 0.1) is 0 Å². The number of carbonyl (C=O) groups is 1. The first kappa shape index (κ1) is 20.9. The largest absolute Gasteiger partial charge is 0.495 e. The van der Waals surface area contributed by atoms with Gasteiger partial charge in [0, 0.05) is 25.7 Å². The summed E-state index contributed by atoms with van der Waals surface area (Å²) in [5.41, 5.74) is 1.56. The molecule has 0 unspecified atom stereocenters. The summed E-state index contributed by atoms with van der Waals surface area (Å²) in [4.78, 5) is 16.7. The number of nitrogens with zero attached hydrogens (tertiary/aromatic N) is 2. The SMILES string of the molecule is COc1cc(OC)c(NC(=O)N(CCN(C)C)Cc2ccccc2)cc1Cl. The number of urea groups is 1. The van der Waals surface area contributed by atoms with Crippen LogP contribution >= 0.6 is 11.6 Å². The number of halogens is 1. The minimum atomic E-state index is -0.222. The normalized spacial score (nSPS) is 10.6. The highest BCUT2D eigenvalue weighted by Crippen LogP contribution is 2.36. The van der Waals surface area contributed by atoms with E-state index in [1.165, 1.54) is 14.2 Å². The summed E-state index contributed by atoms with van der Waals surface area (Å²) in [5.74, 6) is 0.970. The molecule has 2 aromatic rings. The number of methoxy groups -OCH3 is 2. The summed E-state index contributed by atoms with van der Waals surface area (Å²) >= 11 is 6.20. The summed E-state index contributed by atoms with van der Waals surface area (Å²) in [7, 11) is 7.02. The number of carbonyl (C=O) groups excluding carboxylic acids is 1. The van der Waals surface area contributed by atoms with Crippen molar-refractivity contribution in [2.24, 2.45) is 0 Å². The molecular weight excluding hydrogens is 366 g/mol. The van der Waals surface area contributed by atoms with Gasteiger partial charge in [-0.3, -0.25) is 0 Å². The van der Waals surface area contributed by atoms with Crippen LogP contribution in [0.3, 0.4) is 0 Å². The molecule has 0 bridgehead atoms. The summed E-state index contributed by atoms with van der Waals surface area (Å²) in [5, 5.41) is 3.30. The van der Waals surface area contributed by atoms with Crippen LogP contribution in [0.2, 0.25) is 5.02 Å². The van der Waals surface area contributed by atoms with Crippen molar-refractivity contribution >= 4 is 23.3 Å². The van der Waals surface area contributed by atoms with Gasteiger partial charge in [-0.1, -0.05) is 41.9 Å². The van der Waals surface area contributed by atoms with Gasteiger partial charge in [-0.05, 0) is 25.7 Å². The number of amides is 2. The number of anilines is 1. The van der Waals surface area contributed by atoms with Crippen molar-refractivity contribution in [1.29, 1.82) is 0 Å². The maximum absolute atomic E-state index is 12.9. The second-order valence-corrected chi connectivity index (χ2v) is 6.73. The van der Waals surface area contributed by atoms with E-state index in [2.05, 4.69) is 5.32 Å². The second-order valence-electron chi connectivity index (χ2n) is 6.33.